The van der Waals surface area contributed by atoms with E-state index in [1.807, 2.05) is 12.1 Å². The Kier molecular flexibility index (Phi) is 6.65. The number of ether oxygens (including phenoxy) is 2. The predicted molar refractivity (Wildman–Crippen MR) is 70.7 cm³/mol. The van der Waals surface area contributed by atoms with Gasteiger partial charge in [0.2, 0.25) is 0 Å². The van der Waals surface area contributed by atoms with Crippen LogP contribution in [0.1, 0.15) is 6.42 Å². The lowest BCUT2D eigenvalue weighted by Gasteiger charge is -2.06. The van der Waals surface area contributed by atoms with Crippen molar-refractivity contribution in [2.75, 3.05) is 37.6 Å². The fraction of sp³-hybridized carbons (Fsp3) is 0.500. The number of methoxy groups -OCH3 is 1. The summed E-state index contributed by atoms with van der Waals surface area (Å²) in [6.45, 7) is 1.12. The predicted octanol–water partition coefficient (Wildman–Crippen LogP) is 1.43. The molecule has 0 bridgehead atoms. The van der Waals surface area contributed by atoms with E-state index in [4.69, 9.17) is 15.2 Å². The van der Waals surface area contributed by atoms with Gasteiger partial charge in [0.1, 0.15) is 5.75 Å². The van der Waals surface area contributed by atoms with E-state index in [-0.39, 0.29) is 0 Å². The molecule has 0 saturated carbocycles. The van der Waals surface area contributed by atoms with Crippen LogP contribution in [0.15, 0.2) is 24.3 Å². The zero-order valence-electron chi connectivity index (χ0n) is 10.1. The fourth-order valence-corrected chi connectivity index (χ4v) is 2.20. The Morgan fingerprint density at radius 2 is 1.88 bits per heavy atom. The minimum Gasteiger partial charge on any atom is -0.493 e. The van der Waals surface area contributed by atoms with E-state index in [1.165, 1.54) is 0 Å². The summed E-state index contributed by atoms with van der Waals surface area (Å²) in [5, 5.41) is 0. The highest BCUT2D eigenvalue weighted by Crippen LogP contribution is 2.12. The molecular formula is C12H19NO3S. The van der Waals surface area contributed by atoms with Gasteiger partial charge in [-0.05, 0) is 30.7 Å². The highest BCUT2D eigenvalue weighted by atomic mass is 32.2. The monoisotopic (exact) mass is 257 g/mol. The summed E-state index contributed by atoms with van der Waals surface area (Å²) >= 11 is 0. The summed E-state index contributed by atoms with van der Waals surface area (Å²) in [7, 11) is 0.817. The van der Waals surface area contributed by atoms with Crippen LogP contribution in [0.5, 0.6) is 5.75 Å². The molecule has 1 unspecified atom stereocenters. The first-order chi connectivity index (χ1) is 8.22. The Bertz CT molecular complexity index is 340. The Balaban J connectivity index is 2.14. The van der Waals surface area contributed by atoms with Crippen LogP contribution in [-0.4, -0.2) is 36.0 Å². The van der Waals surface area contributed by atoms with Crippen molar-refractivity contribution < 1.29 is 13.7 Å². The first-order valence-corrected chi connectivity index (χ1v) is 7.03. The molecule has 0 heterocycles. The van der Waals surface area contributed by atoms with Crippen LogP contribution in [0.3, 0.4) is 0 Å². The average molecular weight is 257 g/mol. The maximum atomic E-state index is 11.5. The number of rotatable bonds is 8. The molecule has 0 aromatic heterocycles. The van der Waals surface area contributed by atoms with Gasteiger partial charge in [0.15, 0.2) is 0 Å². The number of benzene rings is 1. The molecule has 4 nitrogen and oxygen atoms in total. The lowest BCUT2D eigenvalue weighted by atomic mass is 10.3. The van der Waals surface area contributed by atoms with E-state index < -0.39 is 10.8 Å². The molecule has 1 rings (SSSR count). The number of hydrogen-bond donors (Lipinski definition) is 1. The van der Waals surface area contributed by atoms with Crippen LogP contribution >= 0.6 is 0 Å². The number of nitrogens with two attached hydrogens (primary N) is 1. The smallest absolute Gasteiger partial charge is 0.119 e. The number of nitrogen functional groups attached to an aromatic ring is 1. The third-order valence-corrected chi connectivity index (χ3v) is 3.55. The summed E-state index contributed by atoms with van der Waals surface area (Å²) in [6, 6.07) is 7.18. The van der Waals surface area contributed by atoms with Gasteiger partial charge in [-0.3, -0.25) is 4.21 Å². The lowest BCUT2D eigenvalue weighted by Crippen LogP contribution is -2.12. The van der Waals surface area contributed by atoms with Gasteiger partial charge in [0, 0.05) is 36.0 Å². The molecule has 1 aromatic rings. The summed E-state index contributed by atoms with van der Waals surface area (Å²) in [4.78, 5) is 0. The fourth-order valence-electron chi connectivity index (χ4n) is 1.28. The maximum absolute atomic E-state index is 11.5. The Morgan fingerprint density at radius 1 is 1.18 bits per heavy atom. The highest BCUT2D eigenvalue weighted by Gasteiger charge is 2.00. The van der Waals surface area contributed by atoms with Crippen LogP contribution in [0, 0.1) is 0 Å². The second-order valence-electron chi connectivity index (χ2n) is 3.61. The van der Waals surface area contributed by atoms with Crippen molar-refractivity contribution in [3.63, 3.8) is 0 Å². The Morgan fingerprint density at radius 3 is 2.53 bits per heavy atom. The molecule has 0 aliphatic heterocycles. The molecule has 0 fully saturated rings. The topological polar surface area (TPSA) is 61.5 Å². The Hall–Kier alpha value is -1.07. The molecule has 96 valence electrons. The molecule has 5 heteroatoms. The molecule has 1 aromatic carbocycles. The van der Waals surface area contributed by atoms with Crippen LogP contribution in [-0.2, 0) is 15.5 Å². The number of anilines is 1. The summed E-state index contributed by atoms with van der Waals surface area (Å²) in [5.74, 6) is 1.97. The first-order valence-electron chi connectivity index (χ1n) is 5.54. The average Bonchev–Trinajstić information content (AvgIpc) is 2.32. The van der Waals surface area contributed by atoms with E-state index in [0.29, 0.717) is 30.4 Å². The third kappa shape index (κ3) is 6.28. The lowest BCUT2D eigenvalue weighted by molar-refractivity contribution is 0.200. The molecule has 2 N–H and O–H groups in total. The molecule has 0 radical (unpaired) electrons. The van der Waals surface area contributed by atoms with Gasteiger partial charge in [-0.15, -0.1) is 0 Å². The van der Waals surface area contributed by atoms with Crippen molar-refractivity contribution in [1.82, 2.24) is 0 Å². The standard InChI is InChI=1S/C12H19NO3S/c1-15-7-2-9-17(14)10-8-16-12-5-3-11(13)4-6-12/h3-6H,2,7-10,13H2,1H3. The van der Waals surface area contributed by atoms with E-state index >= 15 is 0 Å². The molecule has 0 aliphatic carbocycles. The van der Waals surface area contributed by atoms with Gasteiger partial charge >= 0.3 is 0 Å². The third-order valence-electron chi connectivity index (χ3n) is 2.18. The largest absolute Gasteiger partial charge is 0.493 e. The summed E-state index contributed by atoms with van der Waals surface area (Å²) < 4.78 is 21.9. The van der Waals surface area contributed by atoms with Crippen molar-refractivity contribution in [2.24, 2.45) is 0 Å². The minimum atomic E-state index is -0.829. The van der Waals surface area contributed by atoms with Crippen molar-refractivity contribution in [3.8, 4) is 5.75 Å². The van der Waals surface area contributed by atoms with Crippen molar-refractivity contribution in [1.29, 1.82) is 0 Å². The van der Waals surface area contributed by atoms with Crippen molar-refractivity contribution in [2.45, 2.75) is 6.42 Å². The minimum absolute atomic E-state index is 0.462. The van der Waals surface area contributed by atoms with E-state index in [1.54, 1.807) is 19.2 Å². The Labute approximate surface area is 105 Å². The number of hydrogen-bond acceptors (Lipinski definition) is 4. The van der Waals surface area contributed by atoms with Crippen LogP contribution < -0.4 is 10.5 Å². The SMILES string of the molecule is COCCCS(=O)CCOc1ccc(N)cc1. The zero-order chi connectivity index (χ0) is 12.5. The molecular weight excluding hydrogens is 238 g/mol. The molecule has 0 aliphatic rings. The van der Waals surface area contributed by atoms with E-state index in [0.717, 1.165) is 12.2 Å². The molecule has 17 heavy (non-hydrogen) atoms. The molecule has 0 amide bonds. The summed E-state index contributed by atoms with van der Waals surface area (Å²) in [6.07, 6.45) is 0.824. The first kappa shape index (κ1) is 14.0. The van der Waals surface area contributed by atoms with E-state index in [9.17, 15) is 4.21 Å². The molecule has 0 saturated heterocycles. The van der Waals surface area contributed by atoms with Gasteiger partial charge in [-0.2, -0.15) is 0 Å². The van der Waals surface area contributed by atoms with Crippen LogP contribution in [0.4, 0.5) is 5.69 Å². The van der Waals surface area contributed by atoms with Gasteiger partial charge < -0.3 is 15.2 Å². The van der Waals surface area contributed by atoms with Gasteiger partial charge in [0.05, 0.1) is 12.4 Å². The normalized spacial score (nSPS) is 12.3. The molecule has 1 atom stereocenters. The van der Waals surface area contributed by atoms with E-state index in [2.05, 4.69) is 0 Å². The van der Waals surface area contributed by atoms with Gasteiger partial charge in [-0.25, -0.2) is 0 Å². The maximum Gasteiger partial charge on any atom is 0.119 e. The van der Waals surface area contributed by atoms with Crippen LogP contribution in [0.25, 0.3) is 0 Å². The van der Waals surface area contributed by atoms with Crippen LogP contribution in [0.2, 0.25) is 0 Å². The second-order valence-corrected chi connectivity index (χ2v) is 5.31. The van der Waals surface area contributed by atoms with Crippen molar-refractivity contribution in [3.05, 3.63) is 24.3 Å². The molecule has 0 spiro atoms. The van der Waals surface area contributed by atoms with Gasteiger partial charge in [-0.1, -0.05) is 0 Å². The quantitative estimate of drug-likeness (QED) is 0.565. The second kappa shape index (κ2) is 8.08. The van der Waals surface area contributed by atoms with Gasteiger partial charge in [0.25, 0.3) is 0 Å². The summed E-state index contributed by atoms with van der Waals surface area (Å²) in [5.41, 5.74) is 6.26. The van der Waals surface area contributed by atoms with Crippen molar-refractivity contribution >= 4 is 16.5 Å². The zero-order valence-corrected chi connectivity index (χ0v) is 10.9. The highest BCUT2D eigenvalue weighted by molar-refractivity contribution is 7.84.